The van der Waals surface area contributed by atoms with E-state index in [9.17, 15) is 34.8 Å². The molecule has 3 aromatic carbocycles. The summed E-state index contributed by atoms with van der Waals surface area (Å²) in [5, 5.41) is 25.8. The fourth-order valence-corrected chi connectivity index (χ4v) is 17.8. The van der Waals surface area contributed by atoms with Crippen LogP contribution in [-0.4, -0.2) is 195 Å². The third-order valence-electron chi connectivity index (χ3n) is 18.7. The number of aromatic nitrogens is 6. The number of anilines is 3. The van der Waals surface area contributed by atoms with Gasteiger partial charge >= 0.3 is 0 Å². The molecule has 9 aromatic rings. The summed E-state index contributed by atoms with van der Waals surface area (Å²) in [7, 11) is -5.25. The number of carbonyl (C=O) groups excluding carboxylic acids is 2. The van der Waals surface area contributed by atoms with Crippen molar-refractivity contribution in [3.05, 3.63) is 162 Å². The number of likely N-dealkylation sites (N-methyl/N-ethyl adjacent to an activating group) is 2. The zero-order valence-electron chi connectivity index (χ0n) is 56.8. The van der Waals surface area contributed by atoms with Crippen LogP contribution in [0, 0.1) is 0 Å². The van der Waals surface area contributed by atoms with Gasteiger partial charge in [-0.2, -0.15) is 0 Å². The lowest BCUT2D eigenvalue weighted by atomic mass is 9.90. The van der Waals surface area contributed by atoms with Crippen molar-refractivity contribution in [1.29, 1.82) is 0 Å². The zero-order valence-corrected chi connectivity index (χ0v) is 60.9. The molecule has 0 atom stereocenters. The first-order valence-electron chi connectivity index (χ1n) is 32.5. The van der Waals surface area contributed by atoms with E-state index in [1.807, 2.05) is 43.4 Å². The third kappa shape index (κ3) is 16.5. The zero-order chi connectivity index (χ0) is 71.6. The van der Waals surface area contributed by atoms with Crippen molar-refractivity contribution in [3.8, 4) is 5.75 Å². The molecule has 0 spiro atoms. The maximum Gasteiger partial charge on any atom is 0.290 e. The van der Waals surface area contributed by atoms with Crippen LogP contribution < -0.4 is 24.8 Å². The minimum absolute atomic E-state index is 0. The summed E-state index contributed by atoms with van der Waals surface area (Å²) < 4.78 is 91.4. The van der Waals surface area contributed by atoms with Crippen molar-refractivity contribution < 1.29 is 69.3 Å². The van der Waals surface area contributed by atoms with E-state index < -0.39 is 30.1 Å². The SMILES string of the molecule is CC(=O)N1CCc2cc(S(=O)(=O)n3cc(C4=CCN(C)CC4)c4cccnc43)ccc21.CC(=O)N1CCc2cc(S(=O)(=O)n3cc(C4CCNCC4)c4cccnc43)ccc21.CN1CCC(c2cn(S(=O)(=O)c3ccc4c(c3)OCCN4C)c3cccnc23)CC1.Cl.Cl.O=CO.O=CO.O=CO. The van der Waals surface area contributed by atoms with Gasteiger partial charge in [0.1, 0.15) is 12.4 Å². The Labute approximate surface area is 604 Å². The van der Waals surface area contributed by atoms with Gasteiger partial charge in [-0.15, -0.1) is 24.8 Å². The molecular weight excluding hydrogens is 1420 g/mol. The average Bonchev–Trinajstić information content (AvgIpc) is 1.59. The summed E-state index contributed by atoms with van der Waals surface area (Å²) in [5.74, 6) is 1.17. The van der Waals surface area contributed by atoms with Crippen LogP contribution in [0.4, 0.5) is 17.1 Å². The number of fused-ring (bicyclic) bond motifs is 6. The van der Waals surface area contributed by atoms with Crippen LogP contribution in [0.3, 0.4) is 0 Å². The molecule has 0 saturated carbocycles. The van der Waals surface area contributed by atoms with E-state index in [0.717, 1.165) is 145 Å². The number of likely N-dealkylation sites (tertiary alicyclic amines) is 1. The molecule has 2 saturated heterocycles. The Hall–Kier alpha value is -9.27. The van der Waals surface area contributed by atoms with Crippen LogP contribution in [0.25, 0.3) is 38.7 Å². The molecule has 27 nitrogen and oxygen atoms in total. The molecule has 0 aliphatic carbocycles. The highest BCUT2D eigenvalue weighted by Gasteiger charge is 2.33. The highest BCUT2D eigenvalue weighted by atomic mass is 35.5. The molecule has 544 valence electrons. The molecule has 6 aromatic heterocycles. The lowest BCUT2D eigenvalue weighted by molar-refractivity contribution is -0.123. The maximum absolute atomic E-state index is 13.6. The summed E-state index contributed by atoms with van der Waals surface area (Å²) in [6.45, 7) is 10.4. The van der Waals surface area contributed by atoms with Crippen LogP contribution in [0.5, 0.6) is 5.75 Å². The van der Waals surface area contributed by atoms with Crippen molar-refractivity contribution >= 4 is 142 Å². The van der Waals surface area contributed by atoms with Gasteiger partial charge in [0.2, 0.25) is 11.8 Å². The highest BCUT2D eigenvalue weighted by Crippen LogP contribution is 2.40. The quantitative estimate of drug-likeness (QED) is 0.0985. The number of nitrogens with zero attached hydrogens (tertiary/aromatic N) is 11. The second-order valence-corrected chi connectivity index (χ2v) is 30.2. The first-order chi connectivity index (χ1) is 48.0. The molecular formula is C70H82Cl2N12O15S3. The number of benzene rings is 3. The largest absolute Gasteiger partial charge is 0.490 e. The summed E-state index contributed by atoms with van der Waals surface area (Å²) >= 11 is 0. The van der Waals surface area contributed by atoms with Gasteiger partial charge < -0.3 is 49.9 Å². The fraction of sp³-hybridized carbons (Fsp3) is 0.343. The number of pyridine rings is 3. The molecule has 0 bridgehead atoms. The lowest BCUT2D eigenvalue weighted by Crippen LogP contribution is -2.29. The van der Waals surface area contributed by atoms with Gasteiger partial charge in [0.05, 0.1) is 38.0 Å². The lowest BCUT2D eigenvalue weighted by Gasteiger charge is -2.28. The molecule has 15 rings (SSSR count). The van der Waals surface area contributed by atoms with Crippen LogP contribution >= 0.6 is 24.8 Å². The van der Waals surface area contributed by atoms with Gasteiger partial charge in [-0.1, -0.05) is 6.08 Å². The predicted molar refractivity (Wildman–Crippen MR) is 393 cm³/mol. The number of ether oxygens (including phenoxy) is 1. The first-order valence-corrected chi connectivity index (χ1v) is 36.8. The van der Waals surface area contributed by atoms with Gasteiger partial charge in [0.25, 0.3) is 49.5 Å². The van der Waals surface area contributed by atoms with E-state index in [4.69, 9.17) is 34.4 Å². The molecule has 0 radical (unpaired) electrons. The molecule has 2 amide bonds. The number of rotatable bonds is 9. The van der Waals surface area contributed by atoms with Crippen molar-refractivity contribution in [2.24, 2.45) is 0 Å². The molecule has 102 heavy (non-hydrogen) atoms. The summed E-state index contributed by atoms with van der Waals surface area (Å²) in [5.41, 5.74) is 10.7. The number of nitrogens with one attached hydrogen (secondary N) is 1. The van der Waals surface area contributed by atoms with Crippen molar-refractivity contribution in [2.45, 2.75) is 85.3 Å². The number of hydrogen-bond acceptors (Lipinski definition) is 19. The van der Waals surface area contributed by atoms with Crippen LogP contribution in [0.2, 0.25) is 0 Å². The number of hydrogen-bond donors (Lipinski definition) is 4. The molecule has 4 N–H and O–H groups in total. The van der Waals surface area contributed by atoms with Crippen molar-refractivity contribution in [3.63, 3.8) is 0 Å². The van der Waals surface area contributed by atoms with Gasteiger partial charge in [-0.3, -0.25) is 29.0 Å². The van der Waals surface area contributed by atoms with E-state index in [-0.39, 0.29) is 70.7 Å². The van der Waals surface area contributed by atoms with E-state index in [1.165, 1.54) is 25.8 Å². The summed E-state index contributed by atoms with van der Waals surface area (Å²) in [6, 6.07) is 26.4. The predicted octanol–water partition coefficient (Wildman–Crippen LogP) is 8.41. The molecule has 6 aliphatic rings. The molecule has 2 fully saturated rings. The number of carbonyl (C=O) groups is 5. The number of carboxylic acid groups (broad SMARTS) is 3. The standard InChI is InChI=1S/C23H24N4O3S.C22H26N4O3S.C22H24N4O3S.3CH2O2.2ClH/c1-16(28)26-13-9-18-14-19(5-6-22(18)26)31(29,30)27-15-21(17-7-11-25(2)12-8-17)20-4-3-10-24-23(20)27;1-24-10-7-16(8-11-24)18-15-26(20-4-3-9-23-22(18)20)30(27,28)17-5-6-19-21(14-17)29-13-12-25(19)2;1-15(27)25-12-8-17-13-18(4-5-21(17)25)30(28,29)26-14-20(16-6-10-23-11-7-16)19-3-2-9-24-22(19)26;3*2-1-3;;/h3-7,10,14-15H,8-9,11-13H2,1-2H3;3-6,9,14-16H,7-8,10-13H2,1-2H3;2-5,9,13-14,16,23H,6-8,10-12H2,1H3;3*1H,(H,2,3);2*1H. The van der Waals surface area contributed by atoms with Crippen molar-refractivity contribution in [2.75, 3.05) is 101 Å². The smallest absolute Gasteiger partial charge is 0.290 e. The summed E-state index contributed by atoms with van der Waals surface area (Å²) in [6.07, 6.45) is 18.5. The number of piperidine rings is 2. The molecule has 0 unspecified atom stereocenters. The van der Waals surface area contributed by atoms with Crippen LogP contribution in [0.15, 0.2) is 149 Å². The number of amides is 2. The fourth-order valence-electron chi connectivity index (χ4n) is 13.6. The first kappa shape index (κ1) is 78.4. The monoisotopic (exact) mass is 1500 g/mol. The Bertz CT molecular complexity index is 4900. The van der Waals surface area contributed by atoms with Gasteiger partial charge in [0, 0.05) is 124 Å². The van der Waals surface area contributed by atoms with E-state index >= 15 is 0 Å². The average molecular weight is 1500 g/mol. The summed E-state index contributed by atoms with van der Waals surface area (Å²) in [4.78, 5) is 72.7. The van der Waals surface area contributed by atoms with Gasteiger partial charge in [-0.05, 0) is 204 Å². The van der Waals surface area contributed by atoms with Crippen LogP contribution in [0.1, 0.15) is 85.6 Å². The maximum atomic E-state index is 13.6. The second kappa shape index (κ2) is 34.1. The van der Waals surface area contributed by atoms with E-state index in [2.05, 4.69) is 55.1 Å². The Kier molecular flexibility index (Phi) is 26.3. The molecule has 12 heterocycles. The van der Waals surface area contributed by atoms with Crippen LogP contribution in [-0.2, 0) is 66.9 Å². The third-order valence-corrected chi connectivity index (χ3v) is 23.7. The Morgan fingerprint density at radius 3 is 1.57 bits per heavy atom. The molecule has 6 aliphatic heterocycles. The van der Waals surface area contributed by atoms with Gasteiger partial charge in [-0.25, -0.2) is 47.1 Å². The van der Waals surface area contributed by atoms with E-state index in [1.54, 1.807) is 102 Å². The second-order valence-electron chi connectivity index (χ2n) is 24.7. The van der Waals surface area contributed by atoms with Gasteiger partial charge in [0.15, 0.2) is 11.3 Å². The normalized spacial score (nSPS) is 16.1. The molecule has 32 heteroatoms. The minimum atomic E-state index is -3.84. The topological polar surface area (TPSA) is 339 Å². The van der Waals surface area contributed by atoms with E-state index in [0.29, 0.717) is 66.9 Å². The van der Waals surface area contributed by atoms with Crippen molar-refractivity contribution in [1.82, 2.24) is 42.0 Å². The highest BCUT2D eigenvalue weighted by molar-refractivity contribution is 7.90. The number of halogens is 2. The minimum Gasteiger partial charge on any atom is -0.490 e. The Balaban J connectivity index is 0.000000181. The Morgan fingerprint density at radius 1 is 0.539 bits per heavy atom. The Morgan fingerprint density at radius 2 is 1.02 bits per heavy atom.